The molecule has 2 atom stereocenters. The topological polar surface area (TPSA) is 46.9 Å². The zero-order valence-corrected chi connectivity index (χ0v) is 14.7. The van der Waals surface area contributed by atoms with Crippen LogP contribution in [0.15, 0.2) is 24.3 Å². The SMILES string of the molecule is CCn1nc(C)c(NC(=O)[C@@H]2C[C@@]23CCCc2ccccc23)c1C. The average molecular weight is 323 g/mol. The highest BCUT2D eigenvalue weighted by molar-refractivity contribution is 5.97. The molecule has 1 saturated carbocycles. The lowest BCUT2D eigenvalue weighted by Crippen LogP contribution is -2.25. The summed E-state index contributed by atoms with van der Waals surface area (Å²) in [4.78, 5) is 12.9. The summed E-state index contributed by atoms with van der Waals surface area (Å²) < 4.78 is 1.95. The van der Waals surface area contributed by atoms with E-state index in [-0.39, 0.29) is 17.2 Å². The van der Waals surface area contributed by atoms with Crippen molar-refractivity contribution in [3.63, 3.8) is 0 Å². The molecule has 1 fully saturated rings. The minimum atomic E-state index is 0.0848. The molecule has 2 aromatic rings. The molecule has 2 aliphatic rings. The molecule has 126 valence electrons. The van der Waals surface area contributed by atoms with Gasteiger partial charge in [0.2, 0.25) is 5.91 Å². The number of fused-ring (bicyclic) bond motifs is 2. The normalized spacial score (nSPS) is 24.7. The predicted molar refractivity (Wildman–Crippen MR) is 95.2 cm³/mol. The van der Waals surface area contributed by atoms with Crippen molar-refractivity contribution in [1.29, 1.82) is 0 Å². The maximum atomic E-state index is 12.9. The van der Waals surface area contributed by atoms with E-state index in [9.17, 15) is 4.79 Å². The van der Waals surface area contributed by atoms with Gasteiger partial charge in [-0.15, -0.1) is 0 Å². The number of hydrogen-bond acceptors (Lipinski definition) is 2. The molecule has 1 aromatic heterocycles. The van der Waals surface area contributed by atoms with Crippen molar-refractivity contribution >= 4 is 11.6 Å². The summed E-state index contributed by atoms with van der Waals surface area (Å²) in [5.74, 6) is 0.260. The van der Waals surface area contributed by atoms with E-state index in [1.165, 1.54) is 17.5 Å². The summed E-state index contributed by atoms with van der Waals surface area (Å²) in [6.45, 7) is 6.88. The van der Waals surface area contributed by atoms with Crippen molar-refractivity contribution in [2.45, 2.75) is 58.4 Å². The Bertz CT molecular complexity index is 807. The highest BCUT2D eigenvalue weighted by atomic mass is 16.2. The second-order valence-corrected chi connectivity index (χ2v) is 7.27. The fourth-order valence-electron chi connectivity index (χ4n) is 4.57. The highest BCUT2D eigenvalue weighted by Crippen LogP contribution is 2.60. The van der Waals surface area contributed by atoms with Gasteiger partial charge < -0.3 is 5.32 Å². The monoisotopic (exact) mass is 323 g/mol. The van der Waals surface area contributed by atoms with Crippen molar-refractivity contribution in [3.05, 3.63) is 46.8 Å². The number of carbonyl (C=O) groups excluding carboxylic acids is 1. The van der Waals surface area contributed by atoms with Gasteiger partial charge in [-0.2, -0.15) is 5.10 Å². The van der Waals surface area contributed by atoms with Gasteiger partial charge in [0, 0.05) is 17.9 Å². The smallest absolute Gasteiger partial charge is 0.228 e. The Balaban J connectivity index is 1.58. The van der Waals surface area contributed by atoms with Crippen LogP contribution in [0.25, 0.3) is 0 Å². The summed E-state index contributed by atoms with van der Waals surface area (Å²) in [5.41, 5.74) is 5.78. The second-order valence-electron chi connectivity index (χ2n) is 7.27. The molecule has 0 aliphatic heterocycles. The molecule has 0 saturated heterocycles. The van der Waals surface area contributed by atoms with Gasteiger partial charge >= 0.3 is 0 Å². The minimum absolute atomic E-state index is 0.0848. The van der Waals surface area contributed by atoms with Gasteiger partial charge in [0.15, 0.2) is 0 Å². The quantitative estimate of drug-likeness (QED) is 0.935. The van der Waals surface area contributed by atoms with E-state index in [0.717, 1.165) is 42.9 Å². The summed E-state index contributed by atoms with van der Waals surface area (Å²) in [6, 6.07) is 8.68. The Labute approximate surface area is 143 Å². The van der Waals surface area contributed by atoms with Crippen LogP contribution in [0.2, 0.25) is 0 Å². The van der Waals surface area contributed by atoms with Crippen LogP contribution in [0.1, 0.15) is 48.7 Å². The number of benzene rings is 1. The van der Waals surface area contributed by atoms with Gasteiger partial charge in [0.25, 0.3) is 0 Å². The van der Waals surface area contributed by atoms with Gasteiger partial charge in [-0.05, 0) is 57.6 Å². The zero-order chi connectivity index (χ0) is 16.9. The maximum absolute atomic E-state index is 12.9. The first-order chi connectivity index (χ1) is 11.6. The molecule has 1 aromatic carbocycles. The van der Waals surface area contributed by atoms with Crippen LogP contribution in [-0.2, 0) is 23.2 Å². The average Bonchev–Trinajstić information content (AvgIpc) is 3.24. The zero-order valence-electron chi connectivity index (χ0n) is 14.7. The Morgan fingerprint density at radius 3 is 2.92 bits per heavy atom. The number of carbonyl (C=O) groups is 1. The Hall–Kier alpha value is -2.10. The fourth-order valence-corrected chi connectivity index (χ4v) is 4.57. The first kappa shape index (κ1) is 15.4. The molecule has 0 unspecified atom stereocenters. The lowest BCUT2D eigenvalue weighted by Gasteiger charge is -2.26. The third-order valence-corrected chi connectivity index (χ3v) is 5.94. The van der Waals surface area contributed by atoms with Crippen LogP contribution < -0.4 is 5.32 Å². The summed E-state index contributed by atoms with van der Waals surface area (Å²) in [7, 11) is 0. The third-order valence-electron chi connectivity index (χ3n) is 5.94. The standard InChI is InChI=1S/C20H25N3O/c1-4-23-14(3)18(13(2)22-23)21-19(24)17-12-20(17)11-7-9-15-8-5-6-10-16(15)20/h5-6,8,10,17H,4,7,9,11-12H2,1-3H3,(H,21,24)/t17-,20+/m0/s1. The Kier molecular flexibility index (Phi) is 3.52. The van der Waals surface area contributed by atoms with E-state index in [4.69, 9.17) is 0 Å². The number of amides is 1. The molecule has 1 N–H and O–H groups in total. The van der Waals surface area contributed by atoms with Crippen molar-refractivity contribution in [2.75, 3.05) is 5.32 Å². The fraction of sp³-hybridized carbons (Fsp3) is 0.500. The van der Waals surface area contributed by atoms with Crippen LogP contribution in [0, 0.1) is 19.8 Å². The number of nitrogens with one attached hydrogen (secondary N) is 1. The molecular weight excluding hydrogens is 298 g/mol. The number of aryl methyl sites for hydroxylation is 3. The van der Waals surface area contributed by atoms with Crippen LogP contribution in [0.3, 0.4) is 0 Å². The molecule has 4 nitrogen and oxygen atoms in total. The predicted octanol–water partition coefficient (Wildman–Crippen LogP) is 3.75. The maximum Gasteiger partial charge on any atom is 0.228 e. The molecule has 4 rings (SSSR count). The van der Waals surface area contributed by atoms with E-state index in [1.54, 1.807) is 0 Å². The minimum Gasteiger partial charge on any atom is -0.323 e. The van der Waals surface area contributed by atoms with Crippen LogP contribution >= 0.6 is 0 Å². The molecule has 2 aliphatic carbocycles. The molecule has 0 bridgehead atoms. The van der Waals surface area contributed by atoms with Gasteiger partial charge in [-0.1, -0.05) is 24.3 Å². The molecule has 1 amide bonds. The molecule has 1 heterocycles. The Morgan fingerprint density at radius 1 is 1.38 bits per heavy atom. The number of rotatable bonds is 3. The van der Waals surface area contributed by atoms with E-state index < -0.39 is 0 Å². The third kappa shape index (κ3) is 2.20. The molecular formula is C20H25N3O. The molecule has 24 heavy (non-hydrogen) atoms. The lowest BCUT2D eigenvalue weighted by atomic mass is 9.78. The lowest BCUT2D eigenvalue weighted by molar-refractivity contribution is -0.117. The number of hydrogen-bond donors (Lipinski definition) is 1. The van der Waals surface area contributed by atoms with E-state index in [0.29, 0.717) is 0 Å². The summed E-state index contributed by atoms with van der Waals surface area (Å²) >= 11 is 0. The summed E-state index contributed by atoms with van der Waals surface area (Å²) in [5, 5.41) is 7.68. The van der Waals surface area contributed by atoms with Gasteiger partial charge in [0.1, 0.15) is 0 Å². The van der Waals surface area contributed by atoms with Crippen molar-refractivity contribution in [2.24, 2.45) is 5.92 Å². The van der Waals surface area contributed by atoms with Crippen molar-refractivity contribution < 1.29 is 4.79 Å². The van der Waals surface area contributed by atoms with E-state index >= 15 is 0 Å². The van der Waals surface area contributed by atoms with Crippen LogP contribution in [-0.4, -0.2) is 15.7 Å². The summed E-state index contributed by atoms with van der Waals surface area (Å²) in [6.07, 6.45) is 4.45. The van der Waals surface area contributed by atoms with Crippen molar-refractivity contribution in [3.8, 4) is 0 Å². The van der Waals surface area contributed by atoms with E-state index in [2.05, 4.69) is 41.6 Å². The van der Waals surface area contributed by atoms with Crippen LogP contribution in [0.5, 0.6) is 0 Å². The van der Waals surface area contributed by atoms with E-state index in [1.807, 2.05) is 18.5 Å². The largest absolute Gasteiger partial charge is 0.323 e. The second kappa shape index (κ2) is 5.47. The molecule has 1 spiro atoms. The van der Waals surface area contributed by atoms with Crippen LogP contribution in [0.4, 0.5) is 5.69 Å². The van der Waals surface area contributed by atoms with Gasteiger partial charge in [-0.25, -0.2) is 0 Å². The van der Waals surface area contributed by atoms with Gasteiger partial charge in [0.05, 0.1) is 17.1 Å². The number of anilines is 1. The molecule has 4 heteroatoms. The number of aromatic nitrogens is 2. The highest BCUT2D eigenvalue weighted by Gasteiger charge is 2.60. The van der Waals surface area contributed by atoms with Crippen molar-refractivity contribution in [1.82, 2.24) is 9.78 Å². The first-order valence-corrected chi connectivity index (χ1v) is 9.00. The first-order valence-electron chi connectivity index (χ1n) is 9.00. The number of nitrogens with zero attached hydrogens (tertiary/aromatic N) is 2. The van der Waals surface area contributed by atoms with Gasteiger partial charge in [-0.3, -0.25) is 9.48 Å². The Morgan fingerprint density at radius 2 is 2.17 bits per heavy atom. The molecule has 0 radical (unpaired) electrons.